The number of hydrogen-bond acceptors (Lipinski definition) is 3. The van der Waals surface area contributed by atoms with Crippen molar-refractivity contribution in [3.8, 4) is 16.9 Å². The van der Waals surface area contributed by atoms with E-state index in [1.165, 1.54) is 37.3 Å². The van der Waals surface area contributed by atoms with Crippen molar-refractivity contribution in [2.75, 3.05) is 13.2 Å². The number of aliphatic hydroxyl groups is 1. The minimum atomic E-state index is -1.13. The molecule has 8 heteroatoms. The molecular weight excluding hydrogens is 491 g/mol. The summed E-state index contributed by atoms with van der Waals surface area (Å²) in [5.41, 5.74) is 0.825. The van der Waals surface area contributed by atoms with Crippen LogP contribution in [0, 0.1) is 35.0 Å². The molecule has 0 radical (unpaired) electrons. The molecule has 5 rings (SSSR count). The fourth-order valence-electron chi connectivity index (χ4n) is 5.12. The number of aliphatic hydroxyl groups excluding tert-OH is 1. The molecule has 0 aromatic heterocycles. The van der Waals surface area contributed by atoms with Crippen LogP contribution in [-0.4, -0.2) is 18.3 Å². The second-order valence-corrected chi connectivity index (χ2v) is 9.87. The topological polar surface area (TPSA) is 42.0 Å². The molecule has 0 bridgehead atoms. The van der Waals surface area contributed by atoms with Crippen LogP contribution in [0.2, 0.25) is 0 Å². The molecule has 1 saturated carbocycles. The average Bonchev–Trinajstić information content (AvgIpc) is 3.72. The fraction of sp³-hybridized carbons (Fsp3) is 0.379. The molecule has 3 aromatic rings. The highest BCUT2D eigenvalue weighted by Gasteiger charge is 2.31. The zero-order valence-corrected chi connectivity index (χ0v) is 20.2. The summed E-state index contributed by atoms with van der Waals surface area (Å²) in [6, 6.07) is 10.0. The van der Waals surface area contributed by atoms with Crippen molar-refractivity contribution in [3.63, 3.8) is 0 Å². The lowest BCUT2D eigenvalue weighted by Gasteiger charge is -2.29. The van der Waals surface area contributed by atoms with Crippen molar-refractivity contribution >= 4 is 0 Å². The van der Waals surface area contributed by atoms with Gasteiger partial charge in [-0.05, 0) is 73.8 Å². The Balaban J connectivity index is 1.21. The van der Waals surface area contributed by atoms with Crippen molar-refractivity contribution in [1.82, 2.24) is 0 Å². The lowest BCUT2D eigenvalue weighted by molar-refractivity contribution is 0.184. The number of ether oxygens (including phenoxy) is 2. The van der Waals surface area contributed by atoms with Gasteiger partial charge in [-0.15, -0.1) is 0 Å². The van der Waals surface area contributed by atoms with Crippen LogP contribution in [0.4, 0.5) is 22.0 Å². The number of halogens is 5. The Bertz CT molecular complexity index is 1300. The molecule has 37 heavy (non-hydrogen) atoms. The van der Waals surface area contributed by atoms with E-state index in [1.807, 2.05) is 0 Å². The zero-order valence-electron chi connectivity index (χ0n) is 20.2. The van der Waals surface area contributed by atoms with Crippen LogP contribution >= 0.6 is 0 Å². The SMILES string of the molecule is CC(O)c1ccc(OCC2CCC(c3ccc(-c4ccc(C5CO5)c(F)c4F)cc3F)CC2)c(F)c1F. The third kappa shape index (κ3) is 5.22. The number of rotatable bonds is 7. The summed E-state index contributed by atoms with van der Waals surface area (Å²) >= 11 is 0. The predicted octanol–water partition coefficient (Wildman–Crippen LogP) is 7.53. The normalized spacial score (nSPS) is 22.1. The van der Waals surface area contributed by atoms with Crippen molar-refractivity contribution < 1.29 is 36.5 Å². The number of benzene rings is 3. The smallest absolute Gasteiger partial charge is 0.200 e. The summed E-state index contributed by atoms with van der Waals surface area (Å²) in [5, 5.41) is 9.51. The molecule has 1 heterocycles. The first kappa shape index (κ1) is 25.7. The summed E-state index contributed by atoms with van der Waals surface area (Å²) in [7, 11) is 0. The Labute approximate surface area is 211 Å². The minimum Gasteiger partial charge on any atom is -0.490 e. The Hall–Kier alpha value is -2.97. The van der Waals surface area contributed by atoms with Crippen LogP contribution in [0.1, 0.15) is 67.4 Å². The second-order valence-electron chi connectivity index (χ2n) is 9.87. The maximum Gasteiger partial charge on any atom is 0.200 e. The van der Waals surface area contributed by atoms with Gasteiger partial charge in [0, 0.05) is 16.7 Å². The van der Waals surface area contributed by atoms with Gasteiger partial charge in [-0.2, -0.15) is 4.39 Å². The van der Waals surface area contributed by atoms with Gasteiger partial charge >= 0.3 is 0 Å². The van der Waals surface area contributed by atoms with Crippen LogP contribution in [0.3, 0.4) is 0 Å². The first-order chi connectivity index (χ1) is 17.7. The van der Waals surface area contributed by atoms with Crippen LogP contribution in [-0.2, 0) is 4.74 Å². The molecule has 0 spiro atoms. The molecule has 1 saturated heterocycles. The maximum atomic E-state index is 15.1. The summed E-state index contributed by atoms with van der Waals surface area (Å²) in [6.45, 7) is 1.92. The van der Waals surface area contributed by atoms with Crippen molar-refractivity contribution in [2.24, 2.45) is 5.92 Å². The van der Waals surface area contributed by atoms with Gasteiger partial charge in [0.2, 0.25) is 5.82 Å². The first-order valence-corrected chi connectivity index (χ1v) is 12.4. The van der Waals surface area contributed by atoms with E-state index in [1.54, 1.807) is 12.1 Å². The van der Waals surface area contributed by atoms with E-state index in [2.05, 4.69) is 0 Å². The molecule has 3 aromatic carbocycles. The van der Waals surface area contributed by atoms with Crippen molar-refractivity contribution in [3.05, 3.63) is 88.2 Å². The Morgan fingerprint density at radius 2 is 1.57 bits per heavy atom. The molecule has 3 nitrogen and oxygen atoms in total. The predicted molar refractivity (Wildman–Crippen MR) is 128 cm³/mol. The largest absolute Gasteiger partial charge is 0.490 e. The van der Waals surface area contributed by atoms with Gasteiger partial charge in [0.25, 0.3) is 0 Å². The van der Waals surface area contributed by atoms with E-state index >= 15 is 4.39 Å². The summed E-state index contributed by atoms with van der Waals surface area (Å²) in [5.74, 6) is -4.84. The lowest BCUT2D eigenvalue weighted by atomic mass is 9.78. The summed E-state index contributed by atoms with van der Waals surface area (Å²) in [6.07, 6.45) is 1.25. The van der Waals surface area contributed by atoms with Crippen LogP contribution in [0.25, 0.3) is 11.1 Å². The van der Waals surface area contributed by atoms with Gasteiger partial charge in [-0.1, -0.05) is 24.3 Å². The third-order valence-electron chi connectivity index (χ3n) is 7.39. The standard InChI is InChI=1S/C29H27F5O3/c1-15(35)19-10-11-24(29(34)26(19)31)36-13-16-2-4-17(5-3-16)20-7-6-18(12-23(20)30)21-8-9-22(25-14-37-25)28(33)27(21)32/h6-12,15-17,25,35H,2-5,13-14H2,1H3. The molecule has 1 aliphatic heterocycles. The zero-order chi connectivity index (χ0) is 26.3. The molecular formula is C29H27F5O3. The van der Waals surface area contributed by atoms with Crippen LogP contribution in [0.15, 0.2) is 42.5 Å². The molecule has 2 aliphatic rings. The summed E-state index contributed by atoms with van der Waals surface area (Å²) < 4.78 is 83.0. The van der Waals surface area contributed by atoms with Crippen molar-refractivity contribution in [2.45, 2.75) is 50.7 Å². The van der Waals surface area contributed by atoms with E-state index < -0.39 is 41.3 Å². The minimum absolute atomic E-state index is 0.00152. The molecule has 196 valence electrons. The fourth-order valence-corrected chi connectivity index (χ4v) is 5.12. The highest BCUT2D eigenvalue weighted by molar-refractivity contribution is 5.65. The number of epoxide rings is 1. The van der Waals surface area contributed by atoms with Gasteiger partial charge in [0.05, 0.1) is 19.3 Å². The van der Waals surface area contributed by atoms with E-state index in [-0.39, 0.29) is 46.4 Å². The molecule has 1 aliphatic carbocycles. The Morgan fingerprint density at radius 1 is 0.865 bits per heavy atom. The Kier molecular flexibility index (Phi) is 7.23. The molecule has 2 fully saturated rings. The van der Waals surface area contributed by atoms with Gasteiger partial charge in [-0.3, -0.25) is 0 Å². The van der Waals surface area contributed by atoms with E-state index in [0.717, 1.165) is 0 Å². The van der Waals surface area contributed by atoms with Crippen LogP contribution in [0.5, 0.6) is 5.75 Å². The molecule has 2 unspecified atom stereocenters. The third-order valence-corrected chi connectivity index (χ3v) is 7.39. The van der Waals surface area contributed by atoms with E-state index in [9.17, 15) is 22.7 Å². The lowest BCUT2D eigenvalue weighted by Crippen LogP contribution is -2.20. The first-order valence-electron chi connectivity index (χ1n) is 12.4. The average molecular weight is 519 g/mol. The Morgan fingerprint density at radius 3 is 2.22 bits per heavy atom. The van der Waals surface area contributed by atoms with Crippen molar-refractivity contribution in [1.29, 1.82) is 0 Å². The highest BCUT2D eigenvalue weighted by atomic mass is 19.2. The highest BCUT2D eigenvalue weighted by Crippen LogP contribution is 2.40. The maximum absolute atomic E-state index is 15.1. The second kappa shape index (κ2) is 10.4. The van der Waals surface area contributed by atoms with E-state index in [4.69, 9.17) is 9.47 Å². The monoisotopic (exact) mass is 518 g/mol. The molecule has 1 N–H and O–H groups in total. The molecule has 2 atom stereocenters. The van der Waals surface area contributed by atoms with Gasteiger partial charge in [0.15, 0.2) is 23.2 Å². The quantitative estimate of drug-likeness (QED) is 0.260. The summed E-state index contributed by atoms with van der Waals surface area (Å²) in [4.78, 5) is 0. The number of hydrogen-bond donors (Lipinski definition) is 1. The van der Waals surface area contributed by atoms with Gasteiger partial charge < -0.3 is 14.6 Å². The van der Waals surface area contributed by atoms with Crippen LogP contribution < -0.4 is 4.74 Å². The molecule has 0 amide bonds. The van der Waals surface area contributed by atoms with Gasteiger partial charge in [-0.25, -0.2) is 17.6 Å². The van der Waals surface area contributed by atoms with Gasteiger partial charge in [0.1, 0.15) is 11.9 Å². The van der Waals surface area contributed by atoms with E-state index in [0.29, 0.717) is 37.9 Å².